The average molecular weight is 339 g/mol. The van der Waals surface area contributed by atoms with Gasteiger partial charge in [-0.25, -0.2) is 18.0 Å². The van der Waals surface area contributed by atoms with Gasteiger partial charge in [-0.3, -0.25) is 0 Å². The van der Waals surface area contributed by atoms with Gasteiger partial charge in [0, 0.05) is 19.3 Å². The van der Waals surface area contributed by atoms with E-state index in [0.29, 0.717) is 18.5 Å². The molecule has 1 aromatic rings. The normalized spacial score (nSPS) is 15.0. The largest absolute Gasteiger partial charge is 0.465 e. The van der Waals surface area contributed by atoms with Crippen LogP contribution in [0.15, 0.2) is 29.2 Å². The van der Waals surface area contributed by atoms with Crippen LogP contribution in [0, 0.1) is 0 Å². The van der Waals surface area contributed by atoms with Crippen LogP contribution in [0.3, 0.4) is 0 Å². The number of ether oxygens (including phenoxy) is 1. The molecule has 1 aliphatic rings. The summed E-state index contributed by atoms with van der Waals surface area (Å²) in [4.78, 5) is 23.8. The molecule has 2 rings (SSSR count). The Morgan fingerprint density at radius 1 is 1.30 bits per heavy atom. The van der Waals surface area contributed by atoms with Crippen LogP contribution >= 0.6 is 0 Å². The molecule has 1 aromatic carbocycles. The molecular weight excluding hydrogens is 322 g/mol. The Morgan fingerprint density at radius 3 is 2.48 bits per heavy atom. The molecule has 0 spiro atoms. The first-order valence-electron chi connectivity index (χ1n) is 6.83. The van der Waals surface area contributed by atoms with E-state index in [9.17, 15) is 18.0 Å². The van der Waals surface area contributed by atoms with Gasteiger partial charge in [0.25, 0.3) is 0 Å². The van der Waals surface area contributed by atoms with Crippen LogP contribution in [0.25, 0.3) is 5.57 Å². The van der Waals surface area contributed by atoms with Crippen molar-refractivity contribution in [3.05, 3.63) is 35.4 Å². The molecular formula is C15H17NO6S. The van der Waals surface area contributed by atoms with Crippen LogP contribution in [0.5, 0.6) is 0 Å². The summed E-state index contributed by atoms with van der Waals surface area (Å²) in [5.74, 6) is -0.615. The van der Waals surface area contributed by atoms with Crippen molar-refractivity contribution < 1.29 is 27.9 Å². The van der Waals surface area contributed by atoms with Crippen LogP contribution in [0.2, 0.25) is 0 Å². The minimum Gasteiger partial charge on any atom is -0.465 e. The molecule has 0 aliphatic carbocycles. The second-order valence-corrected chi connectivity index (χ2v) is 7.17. The number of rotatable bonds is 3. The van der Waals surface area contributed by atoms with Gasteiger partial charge in [0.2, 0.25) is 0 Å². The number of carboxylic acid groups (broad SMARTS) is 1. The second-order valence-electron chi connectivity index (χ2n) is 5.18. The number of nitrogens with zero attached hydrogens (tertiary/aromatic N) is 1. The number of benzene rings is 1. The predicted octanol–water partition coefficient (Wildman–Crippen LogP) is 1.64. The van der Waals surface area contributed by atoms with E-state index in [1.165, 1.54) is 24.1 Å². The zero-order chi connectivity index (χ0) is 17.2. The van der Waals surface area contributed by atoms with Gasteiger partial charge in [-0.05, 0) is 29.7 Å². The minimum absolute atomic E-state index is 0.0374. The highest BCUT2D eigenvalue weighted by molar-refractivity contribution is 7.90. The molecule has 0 fully saturated rings. The lowest BCUT2D eigenvalue weighted by Gasteiger charge is -2.24. The third-order valence-electron chi connectivity index (χ3n) is 3.63. The first kappa shape index (κ1) is 17.0. The van der Waals surface area contributed by atoms with Crippen LogP contribution in [0.1, 0.15) is 22.3 Å². The van der Waals surface area contributed by atoms with E-state index in [1.54, 1.807) is 12.1 Å². The van der Waals surface area contributed by atoms with Gasteiger partial charge in [-0.1, -0.05) is 12.1 Å². The van der Waals surface area contributed by atoms with Crippen molar-refractivity contribution >= 4 is 27.5 Å². The van der Waals surface area contributed by atoms with Crippen LogP contribution in [-0.2, 0) is 14.6 Å². The number of hydrogen-bond acceptors (Lipinski definition) is 5. The number of amides is 1. The van der Waals surface area contributed by atoms with E-state index in [1.807, 2.05) is 0 Å². The highest BCUT2D eigenvalue weighted by Crippen LogP contribution is 2.29. The number of carbonyl (C=O) groups is 2. The van der Waals surface area contributed by atoms with Crippen molar-refractivity contribution in [2.24, 2.45) is 0 Å². The van der Waals surface area contributed by atoms with Crippen molar-refractivity contribution in [3.63, 3.8) is 0 Å². The number of methoxy groups -OCH3 is 1. The second kappa shape index (κ2) is 6.41. The van der Waals surface area contributed by atoms with Crippen molar-refractivity contribution in [2.45, 2.75) is 11.3 Å². The summed E-state index contributed by atoms with van der Waals surface area (Å²) in [7, 11) is -2.33. The van der Waals surface area contributed by atoms with Crippen molar-refractivity contribution in [1.82, 2.24) is 4.90 Å². The van der Waals surface area contributed by atoms with Crippen LogP contribution in [-0.4, -0.2) is 56.9 Å². The van der Waals surface area contributed by atoms with Gasteiger partial charge in [-0.15, -0.1) is 0 Å². The van der Waals surface area contributed by atoms with Gasteiger partial charge >= 0.3 is 12.1 Å². The Balaban J connectivity index is 2.47. The molecule has 124 valence electrons. The Kier molecular flexibility index (Phi) is 4.74. The van der Waals surface area contributed by atoms with Gasteiger partial charge in [0.1, 0.15) is 0 Å². The zero-order valence-corrected chi connectivity index (χ0v) is 13.6. The lowest BCUT2D eigenvalue weighted by atomic mass is 9.98. The Labute approximate surface area is 134 Å². The summed E-state index contributed by atoms with van der Waals surface area (Å²) in [6.45, 7) is 0.496. The molecule has 1 heterocycles. The molecule has 0 bridgehead atoms. The third kappa shape index (κ3) is 3.70. The lowest BCUT2D eigenvalue weighted by molar-refractivity contribution is 0.0600. The molecule has 0 saturated carbocycles. The molecule has 1 N–H and O–H groups in total. The molecule has 0 atom stereocenters. The molecule has 0 radical (unpaired) electrons. The summed E-state index contributed by atoms with van der Waals surface area (Å²) < 4.78 is 28.7. The fourth-order valence-electron chi connectivity index (χ4n) is 2.43. The van der Waals surface area contributed by atoms with Crippen molar-refractivity contribution in [2.75, 3.05) is 26.5 Å². The fourth-order valence-corrected chi connectivity index (χ4v) is 3.37. The third-order valence-corrected chi connectivity index (χ3v) is 4.76. The van der Waals surface area contributed by atoms with Gasteiger partial charge < -0.3 is 14.7 Å². The molecule has 0 aromatic heterocycles. The van der Waals surface area contributed by atoms with Gasteiger partial charge in [0.05, 0.1) is 17.6 Å². The highest BCUT2D eigenvalue weighted by Gasteiger charge is 2.22. The number of hydrogen-bond donors (Lipinski definition) is 1. The lowest BCUT2D eigenvalue weighted by Crippen LogP contribution is -2.33. The standard InChI is InChI=1S/C15H17NO6S/c1-22-14(17)11-3-4-12(13(9-11)23(2,20)21)10-5-7-16(8-6-10)15(18)19/h3-5,9H,6-8H2,1-2H3,(H,18,19). The highest BCUT2D eigenvalue weighted by atomic mass is 32.2. The smallest absolute Gasteiger partial charge is 0.407 e. The van der Waals surface area contributed by atoms with E-state index in [0.717, 1.165) is 11.8 Å². The monoisotopic (exact) mass is 339 g/mol. The minimum atomic E-state index is -3.56. The van der Waals surface area contributed by atoms with E-state index in [-0.39, 0.29) is 17.0 Å². The average Bonchev–Trinajstić information content (AvgIpc) is 2.52. The first-order valence-corrected chi connectivity index (χ1v) is 8.73. The van der Waals surface area contributed by atoms with Crippen LogP contribution in [0.4, 0.5) is 4.79 Å². The van der Waals surface area contributed by atoms with Crippen molar-refractivity contribution in [1.29, 1.82) is 0 Å². The number of carbonyl (C=O) groups excluding carboxylic acids is 1. The fraction of sp³-hybridized carbons (Fsp3) is 0.333. The topological polar surface area (TPSA) is 101 Å². The van der Waals surface area contributed by atoms with Crippen molar-refractivity contribution in [3.8, 4) is 0 Å². The molecule has 1 aliphatic heterocycles. The Bertz CT molecular complexity index is 781. The van der Waals surface area contributed by atoms with Gasteiger partial charge in [0.15, 0.2) is 9.84 Å². The molecule has 0 saturated heterocycles. The Morgan fingerprint density at radius 2 is 2.00 bits per heavy atom. The summed E-state index contributed by atoms with van der Waals surface area (Å²) in [5.41, 5.74) is 1.39. The molecule has 23 heavy (non-hydrogen) atoms. The number of sulfone groups is 1. The van der Waals surface area contributed by atoms with E-state index < -0.39 is 21.9 Å². The summed E-state index contributed by atoms with van der Waals surface area (Å²) in [6, 6.07) is 4.35. The Hall–Kier alpha value is -2.35. The van der Waals surface area contributed by atoms with E-state index in [2.05, 4.69) is 4.74 Å². The number of esters is 1. The molecule has 7 nitrogen and oxygen atoms in total. The predicted molar refractivity (Wildman–Crippen MR) is 83.1 cm³/mol. The maximum atomic E-state index is 12.0. The summed E-state index contributed by atoms with van der Waals surface area (Å²) in [5, 5.41) is 8.95. The first-order chi connectivity index (χ1) is 10.7. The van der Waals surface area contributed by atoms with Gasteiger partial charge in [-0.2, -0.15) is 0 Å². The van der Waals surface area contributed by atoms with E-state index >= 15 is 0 Å². The quantitative estimate of drug-likeness (QED) is 0.840. The SMILES string of the molecule is COC(=O)c1ccc(C2=CCN(C(=O)O)CC2)c(S(C)(=O)=O)c1. The molecule has 0 unspecified atom stereocenters. The maximum absolute atomic E-state index is 12.0. The molecule has 1 amide bonds. The van der Waals surface area contributed by atoms with Crippen LogP contribution < -0.4 is 0 Å². The zero-order valence-electron chi connectivity index (χ0n) is 12.8. The summed E-state index contributed by atoms with van der Waals surface area (Å²) >= 11 is 0. The maximum Gasteiger partial charge on any atom is 0.407 e. The molecule has 8 heteroatoms. The van der Waals surface area contributed by atoms with E-state index in [4.69, 9.17) is 5.11 Å². The summed E-state index contributed by atoms with van der Waals surface area (Å²) in [6.07, 6.45) is 2.16.